The second-order valence-electron chi connectivity index (χ2n) is 3.95. The van der Waals surface area contributed by atoms with Crippen LogP contribution < -0.4 is 5.73 Å². The van der Waals surface area contributed by atoms with Crippen molar-refractivity contribution in [3.63, 3.8) is 0 Å². The monoisotopic (exact) mass is 198 g/mol. The Bertz CT molecular complexity index is 228. The van der Waals surface area contributed by atoms with Crippen LogP contribution in [0.4, 0.5) is 0 Å². The highest BCUT2D eigenvalue weighted by molar-refractivity contribution is 5.79. The average molecular weight is 198 g/mol. The summed E-state index contributed by atoms with van der Waals surface area (Å²) in [6.07, 6.45) is 3.73. The lowest BCUT2D eigenvalue weighted by Crippen LogP contribution is -2.38. The maximum absolute atomic E-state index is 11.5. The van der Waals surface area contributed by atoms with E-state index in [1.807, 2.05) is 0 Å². The molecule has 0 radical (unpaired) electrons. The van der Waals surface area contributed by atoms with Crippen molar-refractivity contribution < 1.29 is 9.59 Å². The zero-order chi connectivity index (χ0) is 10.6. The van der Waals surface area contributed by atoms with E-state index in [1.165, 1.54) is 0 Å². The molecule has 80 valence electrons. The van der Waals surface area contributed by atoms with Gasteiger partial charge in [0.05, 0.1) is 5.92 Å². The molecule has 1 aliphatic rings. The molecule has 2 N–H and O–H groups in total. The summed E-state index contributed by atoms with van der Waals surface area (Å²) in [5, 5.41) is 0. The van der Waals surface area contributed by atoms with Crippen LogP contribution in [0.2, 0.25) is 0 Å². The molecule has 0 aromatic heterocycles. The predicted molar refractivity (Wildman–Crippen MR) is 53.4 cm³/mol. The first kappa shape index (κ1) is 11.0. The smallest absolute Gasteiger partial charge is 0.222 e. The van der Waals surface area contributed by atoms with Crippen LogP contribution >= 0.6 is 0 Å². The first-order valence-electron chi connectivity index (χ1n) is 5.18. The number of amides is 2. The summed E-state index contributed by atoms with van der Waals surface area (Å²) < 4.78 is 0. The molecule has 0 aliphatic carbocycles. The van der Waals surface area contributed by atoms with Crippen LogP contribution in [-0.2, 0) is 9.59 Å². The lowest BCUT2D eigenvalue weighted by atomic mass is 10.1. The van der Waals surface area contributed by atoms with Gasteiger partial charge in [-0.3, -0.25) is 9.59 Å². The molecule has 4 heteroatoms. The molecular formula is C10H18N2O2. The van der Waals surface area contributed by atoms with Gasteiger partial charge in [-0.2, -0.15) is 0 Å². The number of nitrogens with two attached hydrogens (primary N) is 1. The van der Waals surface area contributed by atoms with Gasteiger partial charge in [0.25, 0.3) is 0 Å². The summed E-state index contributed by atoms with van der Waals surface area (Å²) in [6.45, 7) is 3.02. The molecule has 0 saturated carbocycles. The molecule has 0 bridgehead atoms. The van der Waals surface area contributed by atoms with E-state index in [2.05, 4.69) is 0 Å². The lowest BCUT2D eigenvalue weighted by molar-refractivity contribution is -0.132. The molecule has 1 rings (SSSR count). The summed E-state index contributed by atoms with van der Waals surface area (Å²) in [4.78, 5) is 24.2. The van der Waals surface area contributed by atoms with Crippen LogP contribution in [0.3, 0.4) is 0 Å². The van der Waals surface area contributed by atoms with Crippen molar-refractivity contribution in [1.82, 2.24) is 4.90 Å². The Labute approximate surface area is 84.4 Å². The molecule has 1 aliphatic heterocycles. The second-order valence-corrected chi connectivity index (χ2v) is 3.95. The van der Waals surface area contributed by atoms with Gasteiger partial charge >= 0.3 is 0 Å². The lowest BCUT2D eigenvalue weighted by Gasteiger charge is -2.22. The molecule has 1 unspecified atom stereocenters. The Morgan fingerprint density at radius 2 is 2.21 bits per heavy atom. The zero-order valence-corrected chi connectivity index (χ0v) is 8.66. The minimum Gasteiger partial charge on any atom is -0.369 e. The van der Waals surface area contributed by atoms with Crippen molar-refractivity contribution >= 4 is 11.8 Å². The van der Waals surface area contributed by atoms with E-state index in [4.69, 9.17) is 5.73 Å². The molecule has 1 atom stereocenters. The molecule has 0 aromatic rings. The highest BCUT2D eigenvalue weighted by Crippen LogP contribution is 2.12. The van der Waals surface area contributed by atoms with Gasteiger partial charge in [-0.05, 0) is 12.8 Å². The van der Waals surface area contributed by atoms with Gasteiger partial charge in [0.1, 0.15) is 0 Å². The van der Waals surface area contributed by atoms with Crippen LogP contribution in [0.5, 0.6) is 0 Å². The first-order valence-corrected chi connectivity index (χ1v) is 5.18. The Hall–Kier alpha value is -1.06. The summed E-state index contributed by atoms with van der Waals surface area (Å²) in [5.74, 6) is -0.408. The third-order valence-electron chi connectivity index (χ3n) is 2.65. The molecule has 1 heterocycles. The molecule has 4 nitrogen and oxygen atoms in total. The average Bonchev–Trinajstić information content (AvgIpc) is 2.32. The van der Waals surface area contributed by atoms with E-state index in [9.17, 15) is 9.59 Å². The van der Waals surface area contributed by atoms with Crippen molar-refractivity contribution in [2.24, 2.45) is 11.7 Å². The number of nitrogens with zero attached hydrogens (tertiary/aromatic N) is 1. The number of carbonyl (C=O) groups is 2. The van der Waals surface area contributed by atoms with Crippen LogP contribution in [0.25, 0.3) is 0 Å². The Morgan fingerprint density at radius 3 is 2.86 bits per heavy atom. The van der Waals surface area contributed by atoms with Crippen molar-refractivity contribution in [2.45, 2.75) is 32.6 Å². The van der Waals surface area contributed by atoms with Gasteiger partial charge in [0, 0.05) is 19.5 Å². The van der Waals surface area contributed by atoms with Gasteiger partial charge in [-0.25, -0.2) is 0 Å². The van der Waals surface area contributed by atoms with E-state index in [0.717, 1.165) is 25.8 Å². The fourth-order valence-electron chi connectivity index (χ4n) is 1.65. The third-order valence-corrected chi connectivity index (χ3v) is 2.65. The summed E-state index contributed by atoms with van der Waals surface area (Å²) in [5.41, 5.74) is 5.16. The quantitative estimate of drug-likeness (QED) is 0.718. The summed E-state index contributed by atoms with van der Waals surface area (Å²) >= 11 is 0. The number of hydrogen-bond donors (Lipinski definition) is 1. The van der Waals surface area contributed by atoms with E-state index in [0.29, 0.717) is 13.0 Å². The van der Waals surface area contributed by atoms with Gasteiger partial charge < -0.3 is 10.6 Å². The highest BCUT2D eigenvalue weighted by atomic mass is 16.2. The van der Waals surface area contributed by atoms with Crippen molar-refractivity contribution in [3.05, 3.63) is 0 Å². The third kappa shape index (κ3) is 3.01. The first-order chi connectivity index (χ1) is 6.61. The molecule has 14 heavy (non-hydrogen) atoms. The van der Waals surface area contributed by atoms with Crippen molar-refractivity contribution in [3.8, 4) is 0 Å². The molecule has 1 saturated heterocycles. The second kappa shape index (κ2) is 4.98. The van der Waals surface area contributed by atoms with Gasteiger partial charge in [-0.1, -0.05) is 13.3 Å². The predicted octanol–water partition coefficient (Wildman–Crippen LogP) is 0.510. The molecule has 0 aromatic carbocycles. The van der Waals surface area contributed by atoms with E-state index in [-0.39, 0.29) is 17.7 Å². The van der Waals surface area contributed by atoms with Crippen LogP contribution in [-0.4, -0.2) is 29.8 Å². The number of hydrogen-bond acceptors (Lipinski definition) is 2. The van der Waals surface area contributed by atoms with Crippen LogP contribution in [0.15, 0.2) is 0 Å². The standard InChI is InChI=1S/C10H18N2O2/c1-8(10(11)14)7-12-6-4-2-3-5-9(12)13/h8H,2-7H2,1H3,(H2,11,14). The topological polar surface area (TPSA) is 63.4 Å². The number of primary amides is 1. The molecule has 1 fully saturated rings. The Morgan fingerprint density at radius 1 is 1.50 bits per heavy atom. The zero-order valence-electron chi connectivity index (χ0n) is 8.66. The number of carbonyl (C=O) groups excluding carboxylic acids is 2. The SMILES string of the molecule is CC(CN1CCCCCC1=O)C(N)=O. The fraction of sp³-hybridized carbons (Fsp3) is 0.800. The van der Waals surface area contributed by atoms with Crippen LogP contribution in [0, 0.1) is 5.92 Å². The number of likely N-dealkylation sites (tertiary alicyclic amines) is 1. The Balaban J connectivity index is 2.48. The van der Waals surface area contributed by atoms with Gasteiger partial charge in [0.2, 0.25) is 11.8 Å². The van der Waals surface area contributed by atoms with E-state index in [1.54, 1.807) is 11.8 Å². The summed E-state index contributed by atoms with van der Waals surface area (Å²) in [7, 11) is 0. The van der Waals surface area contributed by atoms with Crippen molar-refractivity contribution in [2.75, 3.05) is 13.1 Å². The van der Waals surface area contributed by atoms with Gasteiger partial charge in [0.15, 0.2) is 0 Å². The number of rotatable bonds is 3. The van der Waals surface area contributed by atoms with Gasteiger partial charge in [-0.15, -0.1) is 0 Å². The minimum absolute atomic E-state index is 0.163. The summed E-state index contributed by atoms with van der Waals surface area (Å²) in [6, 6.07) is 0. The van der Waals surface area contributed by atoms with Crippen molar-refractivity contribution in [1.29, 1.82) is 0 Å². The fourth-order valence-corrected chi connectivity index (χ4v) is 1.65. The Kier molecular flexibility index (Phi) is 3.92. The maximum Gasteiger partial charge on any atom is 0.222 e. The molecule has 0 spiro atoms. The minimum atomic E-state index is -0.331. The normalized spacial score (nSPS) is 20.4. The molecule has 2 amide bonds. The van der Waals surface area contributed by atoms with E-state index >= 15 is 0 Å². The van der Waals surface area contributed by atoms with Crippen LogP contribution in [0.1, 0.15) is 32.6 Å². The highest BCUT2D eigenvalue weighted by Gasteiger charge is 2.20. The largest absolute Gasteiger partial charge is 0.369 e. The maximum atomic E-state index is 11.5. The van der Waals surface area contributed by atoms with E-state index < -0.39 is 0 Å². The molecular weight excluding hydrogens is 180 g/mol.